The molecule has 3 aromatic rings. The van der Waals surface area contributed by atoms with E-state index in [4.69, 9.17) is 10.5 Å². The molecule has 166 valence electrons. The second kappa shape index (κ2) is 9.96. The van der Waals surface area contributed by atoms with Crippen LogP contribution < -0.4 is 10.5 Å². The van der Waals surface area contributed by atoms with Crippen LogP contribution in [0.4, 0.5) is 4.39 Å². The molecular weight excluding hydrogens is 403 g/mol. The van der Waals surface area contributed by atoms with Crippen LogP contribution in [0.5, 0.6) is 5.75 Å². The molecule has 1 unspecified atom stereocenters. The fourth-order valence-electron chi connectivity index (χ4n) is 4.41. The monoisotopic (exact) mass is 432 g/mol. The predicted octanol–water partition coefficient (Wildman–Crippen LogP) is 5.39. The highest BCUT2D eigenvalue weighted by Gasteiger charge is 2.28. The predicted molar refractivity (Wildman–Crippen MR) is 125 cm³/mol. The van der Waals surface area contributed by atoms with Crippen molar-refractivity contribution in [1.82, 2.24) is 4.90 Å². The number of hydrogen-bond donors (Lipinski definition) is 1. The SMILES string of the molecule is Cc1c(OCc2ccccc2)cc(C(C(N)=O)N2CCCCC2)cc1-c1ccc(F)cc1. The van der Waals surface area contributed by atoms with Gasteiger partial charge >= 0.3 is 0 Å². The first-order valence-electron chi connectivity index (χ1n) is 11.1. The fourth-order valence-corrected chi connectivity index (χ4v) is 4.41. The Morgan fingerprint density at radius 3 is 2.38 bits per heavy atom. The number of ether oxygens (including phenoxy) is 1. The maximum absolute atomic E-state index is 13.6. The highest BCUT2D eigenvalue weighted by Crippen LogP contribution is 2.36. The summed E-state index contributed by atoms with van der Waals surface area (Å²) in [7, 11) is 0. The standard InChI is InChI=1S/C27H29FN2O2/c1-19-24(21-10-12-23(28)13-11-21)16-22(26(27(29)31)30-14-6-3-7-15-30)17-25(19)32-18-20-8-4-2-5-9-20/h2,4-5,8-13,16-17,26H,3,6-7,14-15,18H2,1H3,(H2,29,31). The van der Waals surface area contributed by atoms with Gasteiger partial charge in [-0.25, -0.2) is 4.39 Å². The lowest BCUT2D eigenvalue weighted by atomic mass is 9.93. The van der Waals surface area contributed by atoms with Gasteiger partial charge in [-0.3, -0.25) is 9.69 Å². The van der Waals surface area contributed by atoms with Crippen LogP contribution in [0.25, 0.3) is 11.1 Å². The summed E-state index contributed by atoms with van der Waals surface area (Å²) in [6, 6.07) is 19.8. The van der Waals surface area contributed by atoms with E-state index < -0.39 is 6.04 Å². The Bertz CT molecular complexity index is 1060. The van der Waals surface area contributed by atoms with E-state index in [1.165, 1.54) is 18.6 Å². The van der Waals surface area contributed by atoms with E-state index in [9.17, 15) is 9.18 Å². The average molecular weight is 433 g/mol. The summed E-state index contributed by atoms with van der Waals surface area (Å²) < 4.78 is 19.8. The van der Waals surface area contributed by atoms with E-state index in [0.29, 0.717) is 12.4 Å². The van der Waals surface area contributed by atoms with Crippen LogP contribution in [0.2, 0.25) is 0 Å². The molecule has 1 saturated heterocycles. The number of nitrogens with two attached hydrogens (primary N) is 1. The number of piperidine rings is 1. The Labute approximate surface area is 188 Å². The van der Waals surface area contributed by atoms with Crippen LogP contribution in [0, 0.1) is 12.7 Å². The Morgan fingerprint density at radius 1 is 1.03 bits per heavy atom. The summed E-state index contributed by atoms with van der Waals surface area (Å²) in [6.07, 6.45) is 3.28. The van der Waals surface area contributed by atoms with Crippen molar-refractivity contribution in [3.63, 3.8) is 0 Å². The minimum Gasteiger partial charge on any atom is -0.489 e. The van der Waals surface area contributed by atoms with Gasteiger partial charge in [0.2, 0.25) is 5.91 Å². The van der Waals surface area contributed by atoms with Crippen molar-refractivity contribution >= 4 is 5.91 Å². The van der Waals surface area contributed by atoms with Gasteiger partial charge < -0.3 is 10.5 Å². The Morgan fingerprint density at radius 2 is 1.72 bits per heavy atom. The lowest BCUT2D eigenvalue weighted by Crippen LogP contribution is -2.40. The van der Waals surface area contributed by atoms with E-state index in [1.54, 1.807) is 12.1 Å². The van der Waals surface area contributed by atoms with Crippen LogP contribution in [0.1, 0.15) is 42.0 Å². The molecule has 1 fully saturated rings. The highest BCUT2D eigenvalue weighted by atomic mass is 19.1. The average Bonchev–Trinajstić information content (AvgIpc) is 2.81. The van der Waals surface area contributed by atoms with Gasteiger partial charge in [-0.1, -0.05) is 48.9 Å². The third-order valence-electron chi connectivity index (χ3n) is 6.12. The van der Waals surface area contributed by atoms with Crippen molar-refractivity contribution in [1.29, 1.82) is 0 Å². The third-order valence-corrected chi connectivity index (χ3v) is 6.12. The minimum absolute atomic E-state index is 0.286. The number of likely N-dealkylation sites (tertiary alicyclic amines) is 1. The Kier molecular flexibility index (Phi) is 6.86. The molecule has 4 rings (SSSR count). The number of hydrogen-bond acceptors (Lipinski definition) is 3. The van der Waals surface area contributed by atoms with Crippen LogP contribution in [-0.4, -0.2) is 23.9 Å². The lowest BCUT2D eigenvalue weighted by molar-refractivity contribution is -0.123. The molecule has 0 spiro atoms. The van der Waals surface area contributed by atoms with Crippen LogP contribution in [0.15, 0.2) is 66.7 Å². The fraction of sp³-hybridized carbons (Fsp3) is 0.296. The van der Waals surface area contributed by atoms with Crippen LogP contribution in [-0.2, 0) is 11.4 Å². The maximum Gasteiger partial charge on any atom is 0.239 e. The van der Waals surface area contributed by atoms with Gasteiger partial charge in [0, 0.05) is 0 Å². The zero-order valence-electron chi connectivity index (χ0n) is 18.4. The first-order valence-corrected chi connectivity index (χ1v) is 11.1. The van der Waals surface area contributed by atoms with Crippen molar-refractivity contribution < 1.29 is 13.9 Å². The van der Waals surface area contributed by atoms with Crippen molar-refractivity contribution in [3.05, 3.63) is 89.2 Å². The van der Waals surface area contributed by atoms with E-state index >= 15 is 0 Å². The van der Waals surface area contributed by atoms with Crippen molar-refractivity contribution in [3.8, 4) is 16.9 Å². The molecular formula is C27H29FN2O2. The van der Waals surface area contributed by atoms with Crippen LogP contribution >= 0.6 is 0 Å². The van der Waals surface area contributed by atoms with Gasteiger partial charge in [0.05, 0.1) is 0 Å². The van der Waals surface area contributed by atoms with E-state index in [-0.39, 0.29) is 11.7 Å². The number of primary amides is 1. The van der Waals surface area contributed by atoms with Crippen LogP contribution in [0.3, 0.4) is 0 Å². The number of carbonyl (C=O) groups is 1. The number of rotatable bonds is 7. The first kappa shape index (κ1) is 22.0. The first-order chi connectivity index (χ1) is 15.5. The van der Waals surface area contributed by atoms with E-state index in [0.717, 1.165) is 53.7 Å². The van der Waals surface area contributed by atoms with Crippen molar-refractivity contribution in [2.45, 2.75) is 38.8 Å². The topological polar surface area (TPSA) is 55.6 Å². The largest absolute Gasteiger partial charge is 0.489 e. The second-order valence-corrected chi connectivity index (χ2v) is 8.37. The molecule has 0 aliphatic carbocycles. The third kappa shape index (κ3) is 5.00. The summed E-state index contributed by atoms with van der Waals surface area (Å²) in [5.41, 5.74) is 10.5. The van der Waals surface area contributed by atoms with Gasteiger partial charge in [0.15, 0.2) is 0 Å². The molecule has 32 heavy (non-hydrogen) atoms. The van der Waals surface area contributed by atoms with Gasteiger partial charge in [-0.05, 0) is 84.9 Å². The molecule has 1 aliphatic heterocycles. The van der Waals surface area contributed by atoms with Gasteiger partial charge in [-0.15, -0.1) is 0 Å². The number of halogens is 1. The van der Waals surface area contributed by atoms with E-state index in [2.05, 4.69) is 4.90 Å². The molecule has 1 heterocycles. The van der Waals surface area contributed by atoms with Crippen molar-refractivity contribution in [2.24, 2.45) is 5.73 Å². The molecule has 4 nitrogen and oxygen atoms in total. The molecule has 0 radical (unpaired) electrons. The van der Waals surface area contributed by atoms with Gasteiger partial charge in [0.1, 0.15) is 24.2 Å². The summed E-state index contributed by atoms with van der Waals surface area (Å²) in [4.78, 5) is 14.7. The molecule has 1 aliphatic rings. The number of benzene rings is 3. The normalized spacial score (nSPS) is 15.3. The molecule has 5 heteroatoms. The lowest BCUT2D eigenvalue weighted by Gasteiger charge is -2.33. The van der Waals surface area contributed by atoms with Gasteiger partial charge in [0.25, 0.3) is 0 Å². The molecule has 1 atom stereocenters. The zero-order valence-corrected chi connectivity index (χ0v) is 18.4. The minimum atomic E-state index is -0.519. The highest BCUT2D eigenvalue weighted by molar-refractivity contribution is 5.83. The molecule has 3 aromatic carbocycles. The molecule has 2 N–H and O–H groups in total. The smallest absolute Gasteiger partial charge is 0.239 e. The summed E-state index contributed by atoms with van der Waals surface area (Å²) in [5.74, 6) is 0.0511. The molecule has 0 bridgehead atoms. The summed E-state index contributed by atoms with van der Waals surface area (Å²) in [5, 5.41) is 0. The molecule has 1 amide bonds. The Hall–Kier alpha value is -3.18. The quantitative estimate of drug-likeness (QED) is 0.544. The van der Waals surface area contributed by atoms with Crippen molar-refractivity contribution in [2.75, 3.05) is 13.1 Å². The number of nitrogens with zero attached hydrogens (tertiary/aromatic N) is 1. The summed E-state index contributed by atoms with van der Waals surface area (Å²) >= 11 is 0. The maximum atomic E-state index is 13.6. The number of amides is 1. The Balaban J connectivity index is 1.76. The number of carbonyl (C=O) groups excluding carboxylic acids is 1. The summed E-state index contributed by atoms with van der Waals surface area (Å²) in [6.45, 7) is 4.09. The second-order valence-electron chi connectivity index (χ2n) is 8.37. The molecule has 0 saturated carbocycles. The van der Waals surface area contributed by atoms with Gasteiger partial charge in [-0.2, -0.15) is 0 Å². The van der Waals surface area contributed by atoms with E-state index in [1.807, 2.05) is 49.4 Å². The molecule has 0 aromatic heterocycles. The zero-order chi connectivity index (χ0) is 22.5.